The molecule has 2 aromatic carbocycles. The van der Waals surface area contributed by atoms with Gasteiger partial charge in [0.1, 0.15) is 0 Å². The van der Waals surface area contributed by atoms with Gasteiger partial charge in [0, 0.05) is 0 Å². The summed E-state index contributed by atoms with van der Waals surface area (Å²) in [5, 5.41) is 2.78. The van der Waals surface area contributed by atoms with Crippen molar-refractivity contribution in [2.45, 2.75) is 26.0 Å². The number of nitrogens with one attached hydrogen (secondary N) is 2. The Kier molecular flexibility index (Phi) is 6.57. The van der Waals surface area contributed by atoms with Gasteiger partial charge in [0.25, 0.3) is 5.91 Å². The van der Waals surface area contributed by atoms with Crippen LogP contribution in [0.1, 0.15) is 35.8 Å². The number of carbonyl (C=O) groups excluding carboxylic acids is 2. The van der Waals surface area contributed by atoms with Gasteiger partial charge < -0.3 is 10.1 Å². The number of rotatable bonds is 7. The summed E-state index contributed by atoms with van der Waals surface area (Å²) >= 11 is 0. The molecule has 0 unspecified atom stereocenters. The standard InChI is InChI=1S/C19H22N2O5S/c1-13(15-9-5-4-6-10-15)20-18(22)14(2)26-19(23)16-11-7-8-12-17(16)21-27(3,24)25/h4-14,21H,1-3H3,(H,20,22)/t13-,14+/m0/s1. The first kappa shape index (κ1) is 20.4. The highest BCUT2D eigenvalue weighted by molar-refractivity contribution is 7.92. The summed E-state index contributed by atoms with van der Waals surface area (Å²) in [6.07, 6.45) is -0.0640. The van der Waals surface area contributed by atoms with E-state index in [4.69, 9.17) is 4.74 Å². The summed E-state index contributed by atoms with van der Waals surface area (Å²) in [4.78, 5) is 24.7. The first-order valence-electron chi connectivity index (χ1n) is 8.30. The van der Waals surface area contributed by atoms with Gasteiger partial charge in [0.15, 0.2) is 6.10 Å². The lowest BCUT2D eigenvalue weighted by molar-refractivity contribution is -0.129. The summed E-state index contributed by atoms with van der Waals surface area (Å²) in [5.74, 6) is -1.25. The smallest absolute Gasteiger partial charge is 0.341 e. The third-order valence-electron chi connectivity index (χ3n) is 3.75. The summed E-state index contributed by atoms with van der Waals surface area (Å²) in [6.45, 7) is 3.28. The molecule has 0 aliphatic rings. The second-order valence-corrected chi connectivity index (χ2v) is 7.86. The largest absolute Gasteiger partial charge is 0.449 e. The van der Waals surface area contributed by atoms with E-state index in [0.29, 0.717) is 0 Å². The van der Waals surface area contributed by atoms with E-state index in [9.17, 15) is 18.0 Å². The molecule has 144 valence electrons. The third-order valence-corrected chi connectivity index (χ3v) is 4.34. The number of esters is 1. The lowest BCUT2D eigenvalue weighted by Gasteiger charge is -2.19. The molecule has 0 saturated carbocycles. The minimum atomic E-state index is -3.56. The summed E-state index contributed by atoms with van der Waals surface area (Å²) in [7, 11) is -3.56. The van der Waals surface area contributed by atoms with Gasteiger partial charge in [-0.25, -0.2) is 13.2 Å². The Bertz CT molecular complexity index is 913. The number of anilines is 1. The fraction of sp³-hybridized carbons (Fsp3) is 0.263. The Labute approximate surface area is 158 Å². The van der Waals surface area contributed by atoms with E-state index >= 15 is 0 Å². The van der Waals surface area contributed by atoms with Crippen molar-refractivity contribution in [3.63, 3.8) is 0 Å². The fourth-order valence-corrected chi connectivity index (χ4v) is 2.96. The molecule has 0 bridgehead atoms. The molecule has 27 heavy (non-hydrogen) atoms. The molecule has 0 radical (unpaired) electrons. The Morgan fingerprint density at radius 3 is 2.19 bits per heavy atom. The van der Waals surface area contributed by atoms with E-state index in [2.05, 4.69) is 10.0 Å². The number of ether oxygens (including phenoxy) is 1. The van der Waals surface area contributed by atoms with E-state index in [0.717, 1.165) is 11.8 Å². The van der Waals surface area contributed by atoms with Crippen molar-refractivity contribution >= 4 is 27.6 Å². The minimum Gasteiger partial charge on any atom is -0.449 e. The van der Waals surface area contributed by atoms with Crippen LogP contribution in [0.4, 0.5) is 5.69 Å². The maximum absolute atomic E-state index is 12.4. The number of amides is 1. The van der Waals surface area contributed by atoms with Gasteiger partial charge >= 0.3 is 5.97 Å². The molecule has 2 atom stereocenters. The second kappa shape index (κ2) is 8.68. The molecule has 0 aliphatic carbocycles. The van der Waals surface area contributed by atoms with E-state index in [1.54, 1.807) is 12.1 Å². The van der Waals surface area contributed by atoms with Crippen molar-refractivity contribution in [3.8, 4) is 0 Å². The molecule has 0 fully saturated rings. The molecule has 2 rings (SSSR count). The van der Waals surface area contributed by atoms with Crippen LogP contribution in [0.15, 0.2) is 54.6 Å². The van der Waals surface area contributed by atoms with Crippen LogP contribution < -0.4 is 10.0 Å². The zero-order chi connectivity index (χ0) is 20.0. The molecule has 0 aromatic heterocycles. The maximum atomic E-state index is 12.4. The van der Waals surface area contributed by atoms with E-state index in [1.807, 2.05) is 37.3 Å². The topological polar surface area (TPSA) is 102 Å². The first-order chi connectivity index (χ1) is 12.7. The van der Waals surface area contributed by atoms with Crippen molar-refractivity contribution in [2.24, 2.45) is 0 Å². The fourth-order valence-electron chi connectivity index (χ4n) is 2.38. The lowest BCUT2D eigenvalue weighted by Crippen LogP contribution is -2.37. The predicted octanol–water partition coefficient (Wildman–Crippen LogP) is 2.48. The Morgan fingerprint density at radius 2 is 1.56 bits per heavy atom. The predicted molar refractivity (Wildman–Crippen MR) is 103 cm³/mol. The number of carbonyl (C=O) groups is 2. The normalized spacial score (nSPS) is 13.3. The zero-order valence-electron chi connectivity index (χ0n) is 15.3. The number of hydrogen-bond acceptors (Lipinski definition) is 5. The van der Waals surface area contributed by atoms with Crippen molar-refractivity contribution < 1.29 is 22.7 Å². The highest BCUT2D eigenvalue weighted by Crippen LogP contribution is 2.18. The van der Waals surface area contributed by atoms with Gasteiger partial charge in [-0.05, 0) is 31.5 Å². The zero-order valence-corrected chi connectivity index (χ0v) is 16.1. The molecular weight excluding hydrogens is 368 g/mol. The van der Waals surface area contributed by atoms with Crippen LogP contribution in [0, 0.1) is 0 Å². The monoisotopic (exact) mass is 390 g/mol. The molecule has 0 spiro atoms. The Morgan fingerprint density at radius 1 is 0.963 bits per heavy atom. The number of hydrogen-bond donors (Lipinski definition) is 2. The SMILES string of the molecule is C[C@H](NC(=O)[C@@H](C)OC(=O)c1ccccc1NS(C)(=O)=O)c1ccccc1. The van der Waals surface area contributed by atoms with Crippen LogP contribution in [-0.2, 0) is 19.6 Å². The van der Waals surface area contributed by atoms with Crippen LogP contribution in [0.2, 0.25) is 0 Å². The van der Waals surface area contributed by atoms with Gasteiger partial charge in [-0.1, -0.05) is 42.5 Å². The van der Waals surface area contributed by atoms with Gasteiger partial charge in [0.05, 0.1) is 23.5 Å². The van der Waals surface area contributed by atoms with Crippen molar-refractivity contribution in [1.29, 1.82) is 0 Å². The molecule has 0 saturated heterocycles. The van der Waals surface area contributed by atoms with Gasteiger partial charge in [-0.3, -0.25) is 9.52 Å². The van der Waals surface area contributed by atoms with Crippen LogP contribution in [0.25, 0.3) is 0 Å². The molecule has 0 heterocycles. The Hall–Kier alpha value is -2.87. The van der Waals surface area contributed by atoms with E-state index < -0.39 is 28.0 Å². The highest BCUT2D eigenvalue weighted by atomic mass is 32.2. The molecular formula is C19H22N2O5S. The summed E-state index contributed by atoms with van der Waals surface area (Å²) in [6, 6.07) is 15.2. The van der Waals surface area contributed by atoms with E-state index in [-0.39, 0.29) is 17.3 Å². The Balaban J connectivity index is 2.04. The van der Waals surface area contributed by atoms with Crippen molar-refractivity contribution in [3.05, 3.63) is 65.7 Å². The van der Waals surface area contributed by atoms with Gasteiger partial charge in [-0.2, -0.15) is 0 Å². The van der Waals surface area contributed by atoms with Crippen molar-refractivity contribution in [1.82, 2.24) is 5.32 Å². The molecule has 2 aromatic rings. The van der Waals surface area contributed by atoms with Crippen LogP contribution in [0.3, 0.4) is 0 Å². The van der Waals surface area contributed by atoms with Crippen LogP contribution >= 0.6 is 0 Å². The highest BCUT2D eigenvalue weighted by Gasteiger charge is 2.22. The summed E-state index contributed by atoms with van der Waals surface area (Å²) < 4.78 is 30.3. The number of para-hydroxylation sites is 1. The van der Waals surface area contributed by atoms with Gasteiger partial charge in [-0.15, -0.1) is 0 Å². The second-order valence-electron chi connectivity index (χ2n) is 6.11. The number of benzene rings is 2. The molecule has 1 amide bonds. The third kappa shape index (κ3) is 6.10. The molecule has 2 N–H and O–H groups in total. The lowest BCUT2D eigenvalue weighted by atomic mass is 10.1. The molecule has 7 nitrogen and oxygen atoms in total. The van der Waals surface area contributed by atoms with Gasteiger partial charge in [0.2, 0.25) is 10.0 Å². The summed E-state index contributed by atoms with van der Waals surface area (Å²) in [5.41, 5.74) is 1.04. The molecule has 0 aliphatic heterocycles. The maximum Gasteiger partial charge on any atom is 0.341 e. The van der Waals surface area contributed by atoms with Crippen molar-refractivity contribution in [2.75, 3.05) is 11.0 Å². The van der Waals surface area contributed by atoms with Crippen LogP contribution in [-0.4, -0.2) is 32.7 Å². The van der Waals surface area contributed by atoms with Crippen LogP contribution in [0.5, 0.6) is 0 Å². The van der Waals surface area contributed by atoms with E-state index in [1.165, 1.54) is 19.1 Å². The first-order valence-corrected chi connectivity index (χ1v) is 10.2. The average Bonchev–Trinajstić information content (AvgIpc) is 2.61. The minimum absolute atomic E-state index is 0.0266. The molecule has 8 heteroatoms. The average molecular weight is 390 g/mol. The number of sulfonamides is 1. The quantitative estimate of drug-likeness (QED) is 0.707.